The molecule has 4 heteroatoms. The number of rotatable bonds is 3. The van der Waals surface area contributed by atoms with Gasteiger partial charge in [0, 0.05) is 21.6 Å². The summed E-state index contributed by atoms with van der Waals surface area (Å²) >= 11 is 5.07. The molecule has 102 valence electrons. The molecule has 1 aliphatic heterocycles. The minimum absolute atomic E-state index is 0.180. The summed E-state index contributed by atoms with van der Waals surface area (Å²) in [5.74, 6) is 0.666. The highest BCUT2D eigenvalue weighted by atomic mass is 79.9. The van der Waals surface area contributed by atoms with Gasteiger partial charge in [0.15, 0.2) is 0 Å². The largest absolute Gasteiger partial charge is 0.311 e. The van der Waals surface area contributed by atoms with Crippen molar-refractivity contribution in [3.63, 3.8) is 0 Å². The van der Waals surface area contributed by atoms with Gasteiger partial charge in [-0.2, -0.15) is 0 Å². The molecule has 1 amide bonds. The zero-order valence-corrected chi connectivity index (χ0v) is 13.3. The number of fused-ring (bicyclic) bond motifs is 1. The van der Waals surface area contributed by atoms with Crippen LogP contribution in [0.3, 0.4) is 0 Å². The first kappa shape index (κ1) is 13.7. The van der Waals surface area contributed by atoms with Crippen molar-refractivity contribution in [3.8, 4) is 0 Å². The summed E-state index contributed by atoms with van der Waals surface area (Å²) in [5, 5.41) is 0. The van der Waals surface area contributed by atoms with Crippen molar-refractivity contribution in [1.29, 1.82) is 0 Å². The molecular formula is C16H14BrNOS. The van der Waals surface area contributed by atoms with Gasteiger partial charge in [-0.05, 0) is 42.3 Å². The highest BCUT2D eigenvalue weighted by molar-refractivity contribution is 9.10. The number of hydrogen-bond donors (Lipinski definition) is 0. The number of thioether (sulfide) groups is 1. The predicted molar refractivity (Wildman–Crippen MR) is 87.4 cm³/mol. The van der Waals surface area contributed by atoms with Gasteiger partial charge in [-0.15, -0.1) is 11.8 Å². The summed E-state index contributed by atoms with van der Waals surface area (Å²) in [5.41, 5.74) is 2.31. The Balaban J connectivity index is 1.68. The molecule has 1 aliphatic rings. The van der Waals surface area contributed by atoms with E-state index in [0.717, 1.165) is 28.0 Å². The van der Waals surface area contributed by atoms with Gasteiger partial charge in [-0.25, -0.2) is 0 Å². The monoisotopic (exact) mass is 347 g/mol. The van der Waals surface area contributed by atoms with E-state index in [4.69, 9.17) is 0 Å². The van der Waals surface area contributed by atoms with Crippen molar-refractivity contribution in [3.05, 3.63) is 58.6 Å². The number of hydrogen-bond acceptors (Lipinski definition) is 2. The maximum Gasteiger partial charge on any atom is 0.237 e. The Bertz CT molecular complexity index is 630. The molecule has 0 bridgehead atoms. The molecule has 2 aromatic carbocycles. The zero-order valence-electron chi connectivity index (χ0n) is 10.9. The van der Waals surface area contributed by atoms with Gasteiger partial charge in [-0.1, -0.05) is 34.1 Å². The summed E-state index contributed by atoms with van der Waals surface area (Å²) < 4.78 is 1.07. The fraction of sp³-hybridized carbons (Fsp3) is 0.188. The molecule has 20 heavy (non-hydrogen) atoms. The van der Waals surface area contributed by atoms with Crippen molar-refractivity contribution < 1.29 is 4.79 Å². The number of anilines is 1. The molecule has 0 unspecified atom stereocenters. The Morgan fingerprint density at radius 2 is 2.00 bits per heavy atom. The third-order valence-corrected chi connectivity index (χ3v) is 4.83. The number of halogens is 1. The number of amides is 1. The highest BCUT2D eigenvalue weighted by Gasteiger charge is 2.24. The van der Waals surface area contributed by atoms with E-state index in [-0.39, 0.29) is 5.91 Å². The van der Waals surface area contributed by atoms with Crippen LogP contribution in [-0.2, 0) is 11.2 Å². The first-order valence-corrected chi connectivity index (χ1v) is 8.28. The number of carbonyl (C=O) groups is 1. The molecule has 0 spiro atoms. The summed E-state index contributed by atoms with van der Waals surface area (Å²) in [7, 11) is 0. The molecular weight excluding hydrogens is 334 g/mol. The molecule has 0 radical (unpaired) electrons. The van der Waals surface area contributed by atoms with E-state index in [9.17, 15) is 4.79 Å². The first-order chi connectivity index (χ1) is 9.74. The van der Waals surface area contributed by atoms with Gasteiger partial charge in [0.25, 0.3) is 0 Å². The summed E-state index contributed by atoms with van der Waals surface area (Å²) in [6.45, 7) is 0.792. The third kappa shape index (κ3) is 2.91. The standard InChI is InChI=1S/C16H14BrNOS/c17-13-6-7-15-12(10-13)8-9-18(15)16(19)11-20-14-4-2-1-3-5-14/h1-7,10H,8-9,11H2. The second kappa shape index (κ2) is 6.02. The van der Waals surface area contributed by atoms with Gasteiger partial charge < -0.3 is 4.90 Å². The van der Waals surface area contributed by atoms with E-state index in [1.807, 2.05) is 47.4 Å². The van der Waals surface area contributed by atoms with Crippen LogP contribution in [0.4, 0.5) is 5.69 Å². The number of nitrogens with zero attached hydrogens (tertiary/aromatic N) is 1. The molecule has 0 aromatic heterocycles. The highest BCUT2D eigenvalue weighted by Crippen LogP contribution is 2.31. The van der Waals surface area contributed by atoms with Crippen LogP contribution in [0.15, 0.2) is 57.9 Å². The average molecular weight is 348 g/mol. The lowest BCUT2D eigenvalue weighted by Gasteiger charge is -2.17. The summed E-state index contributed by atoms with van der Waals surface area (Å²) in [6, 6.07) is 16.2. The Morgan fingerprint density at radius 1 is 1.20 bits per heavy atom. The zero-order chi connectivity index (χ0) is 13.9. The first-order valence-electron chi connectivity index (χ1n) is 6.51. The van der Waals surface area contributed by atoms with E-state index in [1.165, 1.54) is 5.56 Å². The summed E-state index contributed by atoms with van der Waals surface area (Å²) in [4.78, 5) is 15.4. The minimum atomic E-state index is 0.180. The van der Waals surface area contributed by atoms with Gasteiger partial charge in [-0.3, -0.25) is 4.79 Å². The van der Waals surface area contributed by atoms with Crippen LogP contribution in [0, 0.1) is 0 Å². The fourth-order valence-electron chi connectivity index (χ4n) is 2.37. The van der Waals surface area contributed by atoms with Crippen molar-refractivity contribution >= 4 is 39.3 Å². The Morgan fingerprint density at radius 3 is 2.80 bits per heavy atom. The van der Waals surface area contributed by atoms with E-state index < -0.39 is 0 Å². The Labute approximate surface area is 131 Å². The maximum atomic E-state index is 12.4. The molecule has 0 aliphatic carbocycles. The Hall–Kier alpha value is -1.26. The minimum Gasteiger partial charge on any atom is -0.311 e. The van der Waals surface area contributed by atoms with E-state index in [2.05, 4.69) is 22.0 Å². The van der Waals surface area contributed by atoms with Gasteiger partial charge in [0.05, 0.1) is 5.75 Å². The lowest BCUT2D eigenvalue weighted by Crippen LogP contribution is -2.30. The molecule has 2 aromatic rings. The summed E-state index contributed by atoms with van der Waals surface area (Å²) in [6.07, 6.45) is 0.941. The van der Waals surface area contributed by atoms with Gasteiger partial charge in [0.1, 0.15) is 0 Å². The molecule has 0 N–H and O–H groups in total. The van der Waals surface area contributed by atoms with Crippen molar-refractivity contribution in [2.45, 2.75) is 11.3 Å². The van der Waals surface area contributed by atoms with Gasteiger partial charge in [0.2, 0.25) is 5.91 Å². The quantitative estimate of drug-likeness (QED) is 0.778. The topological polar surface area (TPSA) is 20.3 Å². The Kier molecular flexibility index (Phi) is 4.13. The molecule has 0 saturated carbocycles. The van der Waals surface area contributed by atoms with E-state index >= 15 is 0 Å². The van der Waals surface area contributed by atoms with Crippen LogP contribution < -0.4 is 4.90 Å². The molecule has 0 saturated heterocycles. The van der Waals surface area contributed by atoms with Crippen LogP contribution in [0.25, 0.3) is 0 Å². The molecule has 1 heterocycles. The van der Waals surface area contributed by atoms with Crippen molar-refractivity contribution in [2.75, 3.05) is 17.2 Å². The van der Waals surface area contributed by atoms with E-state index in [1.54, 1.807) is 11.8 Å². The van der Waals surface area contributed by atoms with Crippen LogP contribution in [0.1, 0.15) is 5.56 Å². The second-order valence-electron chi connectivity index (χ2n) is 4.67. The SMILES string of the molecule is O=C(CSc1ccccc1)N1CCc2cc(Br)ccc21. The van der Waals surface area contributed by atoms with Crippen LogP contribution in [0.5, 0.6) is 0 Å². The molecule has 2 nitrogen and oxygen atoms in total. The average Bonchev–Trinajstić information content (AvgIpc) is 2.89. The second-order valence-corrected chi connectivity index (χ2v) is 6.63. The number of benzene rings is 2. The fourth-order valence-corrected chi connectivity index (χ4v) is 3.57. The lowest BCUT2D eigenvalue weighted by molar-refractivity contribution is -0.116. The van der Waals surface area contributed by atoms with E-state index in [0.29, 0.717) is 5.75 Å². The van der Waals surface area contributed by atoms with Crippen molar-refractivity contribution in [2.24, 2.45) is 0 Å². The van der Waals surface area contributed by atoms with Crippen LogP contribution >= 0.6 is 27.7 Å². The predicted octanol–water partition coefficient (Wildman–Crippen LogP) is 4.13. The smallest absolute Gasteiger partial charge is 0.237 e. The number of carbonyl (C=O) groups excluding carboxylic acids is 1. The maximum absolute atomic E-state index is 12.4. The molecule has 0 fully saturated rings. The van der Waals surface area contributed by atoms with Crippen molar-refractivity contribution in [1.82, 2.24) is 0 Å². The normalized spacial score (nSPS) is 13.3. The third-order valence-electron chi connectivity index (χ3n) is 3.34. The molecule has 0 atom stereocenters. The van der Waals surface area contributed by atoms with Crippen LogP contribution in [-0.4, -0.2) is 18.2 Å². The lowest BCUT2D eigenvalue weighted by atomic mass is 10.2. The van der Waals surface area contributed by atoms with Crippen LogP contribution in [0.2, 0.25) is 0 Å². The van der Waals surface area contributed by atoms with Gasteiger partial charge >= 0.3 is 0 Å². The molecule has 3 rings (SSSR count).